The molecule has 1 aromatic carbocycles. The van der Waals surface area contributed by atoms with Gasteiger partial charge in [0.15, 0.2) is 0 Å². The van der Waals surface area contributed by atoms with Gasteiger partial charge in [0.1, 0.15) is 11.5 Å². The zero-order valence-electron chi connectivity index (χ0n) is 9.55. The first kappa shape index (κ1) is 11.1. The molecule has 1 aliphatic heterocycles. The number of methoxy groups -OCH3 is 1. The minimum Gasteiger partial charge on any atom is -0.508 e. The van der Waals surface area contributed by atoms with Crippen LogP contribution in [0.1, 0.15) is 13.3 Å². The maximum atomic E-state index is 9.72. The zero-order valence-corrected chi connectivity index (χ0v) is 9.55. The first-order chi connectivity index (χ1) is 7.63. The molecule has 1 heterocycles. The van der Waals surface area contributed by atoms with Crippen molar-refractivity contribution < 1.29 is 14.9 Å². The summed E-state index contributed by atoms with van der Waals surface area (Å²) in [5.41, 5.74) is 0.839. The Balaban J connectivity index is 2.35. The number of aliphatic hydroxyl groups is 1. The number of aliphatic hydroxyl groups excluding tert-OH is 1. The Bertz CT molecular complexity index is 381. The molecule has 1 fully saturated rings. The van der Waals surface area contributed by atoms with Crippen LogP contribution in [0.15, 0.2) is 18.2 Å². The van der Waals surface area contributed by atoms with Crippen molar-refractivity contribution in [1.82, 2.24) is 0 Å². The molecule has 1 saturated heterocycles. The van der Waals surface area contributed by atoms with Gasteiger partial charge in [0.25, 0.3) is 0 Å². The molecule has 0 radical (unpaired) electrons. The molecule has 1 aliphatic rings. The van der Waals surface area contributed by atoms with E-state index >= 15 is 0 Å². The molecule has 0 aromatic heterocycles. The first-order valence-electron chi connectivity index (χ1n) is 5.45. The van der Waals surface area contributed by atoms with E-state index in [0.717, 1.165) is 24.4 Å². The van der Waals surface area contributed by atoms with Gasteiger partial charge in [-0.15, -0.1) is 0 Å². The highest BCUT2D eigenvalue weighted by molar-refractivity contribution is 5.62. The van der Waals surface area contributed by atoms with Crippen LogP contribution in [0.2, 0.25) is 0 Å². The number of hydrogen-bond donors (Lipinski definition) is 2. The minimum atomic E-state index is -0.313. The van der Waals surface area contributed by atoms with Crippen LogP contribution < -0.4 is 9.64 Å². The van der Waals surface area contributed by atoms with Crippen molar-refractivity contribution >= 4 is 5.69 Å². The lowest BCUT2D eigenvalue weighted by molar-refractivity contribution is 0.170. The lowest BCUT2D eigenvalue weighted by Gasteiger charge is -2.26. The molecule has 0 bridgehead atoms. The summed E-state index contributed by atoms with van der Waals surface area (Å²) in [5, 5.41) is 19.2. The summed E-state index contributed by atoms with van der Waals surface area (Å²) >= 11 is 0. The number of phenols is 1. The quantitative estimate of drug-likeness (QED) is 0.795. The van der Waals surface area contributed by atoms with E-state index in [0.29, 0.717) is 0 Å². The summed E-state index contributed by atoms with van der Waals surface area (Å²) in [6, 6.07) is 5.06. The maximum Gasteiger partial charge on any atom is 0.142 e. The van der Waals surface area contributed by atoms with Crippen molar-refractivity contribution in [3.05, 3.63) is 18.2 Å². The van der Waals surface area contributed by atoms with Gasteiger partial charge in [0.2, 0.25) is 0 Å². The van der Waals surface area contributed by atoms with Crippen molar-refractivity contribution in [3.63, 3.8) is 0 Å². The van der Waals surface area contributed by atoms with E-state index in [4.69, 9.17) is 4.74 Å². The fourth-order valence-electron chi connectivity index (χ4n) is 2.17. The van der Waals surface area contributed by atoms with Crippen LogP contribution in [0.5, 0.6) is 11.5 Å². The predicted molar refractivity (Wildman–Crippen MR) is 62.1 cm³/mol. The van der Waals surface area contributed by atoms with Gasteiger partial charge in [0.05, 0.1) is 24.9 Å². The Hall–Kier alpha value is -1.42. The average Bonchev–Trinajstić information content (AvgIpc) is 2.60. The number of nitrogens with zero attached hydrogens (tertiary/aromatic N) is 1. The van der Waals surface area contributed by atoms with E-state index in [1.165, 1.54) is 0 Å². The van der Waals surface area contributed by atoms with Crippen LogP contribution in [-0.4, -0.2) is 36.0 Å². The first-order valence-corrected chi connectivity index (χ1v) is 5.45. The van der Waals surface area contributed by atoms with Gasteiger partial charge in [-0.25, -0.2) is 0 Å². The van der Waals surface area contributed by atoms with E-state index in [1.807, 2.05) is 6.92 Å². The van der Waals surface area contributed by atoms with Crippen molar-refractivity contribution in [1.29, 1.82) is 0 Å². The Labute approximate surface area is 95.1 Å². The second kappa shape index (κ2) is 4.22. The second-order valence-electron chi connectivity index (χ2n) is 4.15. The summed E-state index contributed by atoms with van der Waals surface area (Å²) in [7, 11) is 1.60. The normalized spacial score (nSPS) is 24.8. The molecule has 88 valence electrons. The molecule has 4 heteroatoms. The topological polar surface area (TPSA) is 52.9 Å². The van der Waals surface area contributed by atoms with Gasteiger partial charge in [-0.2, -0.15) is 0 Å². The number of hydrogen-bond acceptors (Lipinski definition) is 4. The number of benzene rings is 1. The Morgan fingerprint density at radius 2 is 2.19 bits per heavy atom. The predicted octanol–water partition coefficient (Wildman–Crippen LogP) is 1.36. The van der Waals surface area contributed by atoms with Gasteiger partial charge in [-0.1, -0.05) is 0 Å². The highest BCUT2D eigenvalue weighted by Gasteiger charge is 2.30. The van der Waals surface area contributed by atoms with Crippen molar-refractivity contribution in [2.45, 2.75) is 25.5 Å². The molecule has 1 aromatic rings. The number of ether oxygens (including phenoxy) is 1. The van der Waals surface area contributed by atoms with Crippen LogP contribution in [0, 0.1) is 0 Å². The molecule has 16 heavy (non-hydrogen) atoms. The summed E-state index contributed by atoms with van der Waals surface area (Å²) < 4.78 is 5.26. The number of rotatable bonds is 2. The average molecular weight is 223 g/mol. The molecular formula is C12H17NO3. The van der Waals surface area contributed by atoms with Crippen molar-refractivity contribution in [2.24, 2.45) is 0 Å². The molecule has 2 unspecified atom stereocenters. The third-order valence-electron chi connectivity index (χ3n) is 3.19. The SMILES string of the molecule is COc1ccc(O)cc1N1CCC(O)C1C. The second-order valence-corrected chi connectivity index (χ2v) is 4.15. The third kappa shape index (κ3) is 1.80. The summed E-state index contributed by atoms with van der Waals surface area (Å²) in [4.78, 5) is 2.06. The molecule has 0 amide bonds. The van der Waals surface area contributed by atoms with E-state index in [-0.39, 0.29) is 17.9 Å². The van der Waals surface area contributed by atoms with E-state index in [1.54, 1.807) is 25.3 Å². The molecule has 2 atom stereocenters. The monoisotopic (exact) mass is 223 g/mol. The third-order valence-corrected chi connectivity index (χ3v) is 3.19. The van der Waals surface area contributed by atoms with Gasteiger partial charge < -0.3 is 19.8 Å². The fraction of sp³-hybridized carbons (Fsp3) is 0.500. The van der Waals surface area contributed by atoms with Gasteiger partial charge >= 0.3 is 0 Å². The molecule has 0 spiro atoms. The standard InChI is InChI=1S/C12H17NO3/c1-8-11(15)5-6-13(8)10-7-9(14)3-4-12(10)16-2/h3-4,7-8,11,14-15H,5-6H2,1-2H3. The Morgan fingerprint density at radius 1 is 1.44 bits per heavy atom. The molecule has 0 aliphatic carbocycles. The van der Waals surface area contributed by atoms with E-state index in [9.17, 15) is 10.2 Å². The molecule has 0 saturated carbocycles. The Morgan fingerprint density at radius 3 is 2.75 bits per heavy atom. The van der Waals surface area contributed by atoms with Gasteiger partial charge in [-0.3, -0.25) is 0 Å². The number of anilines is 1. The van der Waals surface area contributed by atoms with Crippen LogP contribution in [0.25, 0.3) is 0 Å². The van der Waals surface area contributed by atoms with Gasteiger partial charge in [-0.05, 0) is 25.5 Å². The summed E-state index contributed by atoms with van der Waals surface area (Å²) in [6.45, 7) is 2.75. The van der Waals surface area contributed by atoms with E-state index in [2.05, 4.69) is 4.90 Å². The molecular weight excluding hydrogens is 206 g/mol. The summed E-state index contributed by atoms with van der Waals surface area (Å²) in [6.07, 6.45) is 0.437. The minimum absolute atomic E-state index is 0.0516. The lowest BCUT2D eigenvalue weighted by Crippen LogP contribution is -2.32. The lowest BCUT2D eigenvalue weighted by atomic mass is 10.2. The largest absolute Gasteiger partial charge is 0.508 e. The van der Waals surface area contributed by atoms with Crippen LogP contribution >= 0.6 is 0 Å². The van der Waals surface area contributed by atoms with Crippen LogP contribution in [0.4, 0.5) is 5.69 Å². The maximum absolute atomic E-state index is 9.72. The fourth-order valence-corrected chi connectivity index (χ4v) is 2.17. The number of phenolic OH excluding ortho intramolecular Hbond substituents is 1. The molecule has 2 N–H and O–H groups in total. The molecule has 4 nitrogen and oxygen atoms in total. The van der Waals surface area contributed by atoms with Crippen molar-refractivity contribution in [2.75, 3.05) is 18.6 Å². The zero-order chi connectivity index (χ0) is 11.7. The smallest absolute Gasteiger partial charge is 0.142 e. The van der Waals surface area contributed by atoms with Crippen LogP contribution in [0.3, 0.4) is 0 Å². The highest BCUT2D eigenvalue weighted by atomic mass is 16.5. The van der Waals surface area contributed by atoms with E-state index < -0.39 is 0 Å². The Kier molecular flexibility index (Phi) is 2.92. The molecule has 2 rings (SSSR count). The van der Waals surface area contributed by atoms with Crippen LogP contribution in [-0.2, 0) is 0 Å². The highest BCUT2D eigenvalue weighted by Crippen LogP contribution is 2.36. The number of aromatic hydroxyl groups is 1. The van der Waals surface area contributed by atoms with Crippen molar-refractivity contribution in [3.8, 4) is 11.5 Å². The van der Waals surface area contributed by atoms with Gasteiger partial charge in [0, 0.05) is 12.6 Å². The summed E-state index contributed by atoms with van der Waals surface area (Å²) in [5.74, 6) is 0.933.